The summed E-state index contributed by atoms with van der Waals surface area (Å²) in [6.07, 6.45) is 0.265. The highest BCUT2D eigenvalue weighted by molar-refractivity contribution is 7.89. The van der Waals surface area contributed by atoms with Crippen LogP contribution in [0.1, 0.15) is 16.2 Å². The van der Waals surface area contributed by atoms with Crippen LogP contribution in [-0.4, -0.2) is 25.9 Å². The lowest BCUT2D eigenvalue weighted by molar-refractivity contribution is 0.102. The number of nitrogens with zero attached hydrogens (tertiary/aromatic N) is 1. The minimum Gasteiger partial charge on any atom is -0.441 e. The molecule has 0 aliphatic carbocycles. The molecule has 180 valence electrons. The Hall–Kier alpha value is -4.27. The number of fused-ring (bicyclic) bond motifs is 1. The third kappa shape index (κ3) is 5.35. The Labute approximate surface area is 208 Å². The van der Waals surface area contributed by atoms with Crippen molar-refractivity contribution in [3.8, 4) is 11.1 Å². The van der Waals surface area contributed by atoms with Gasteiger partial charge in [-0.3, -0.25) is 4.79 Å². The first-order chi connectivity index (χ1) is 17.5. The molecule has 0 atom stereocenters. The average molecular weight is 498 g/mol. The van der Waals surface area contributed by atoms with E-state index in [9.17, 15) is 13.2 Å². The van der Waals surface area contributed by atoms with Crippen LogP contribution >= 0.6 is 0 Å². The second-order valence-electron chi connectivity index (χ2n) is 8.15. The van der Waals surface area contributed by atoms with E-state index in [1.165, 1.54) is 0 Å². The number of hydrogen-bond donors (Lipinski definition) is 2. The largest absolute Gasteiger partial charge is 0.441 e. The molecule has 0 unspecified atom stereocenters. The third-order valence-electron chi connectivity index (χ3n) is 5.63. The Morgan fingerprint density at radius 1 is 0.806 bits per heavy atom. The fourth-order valence-electron chi connectivity index (χ4n) is 3.78. The minimum absolute atomic E-state index is 0.122. The molecular formula is C28H23N3O4S. The number of carbonyl (C=O) groups is 1. The maximum atomic E-state index is 12.7. The number of aromatic nitrogens is 1. The molecule has 0 radical (unpaired) electrons. The Bertz CT molecular complexity index is 1600. The van der Waals surface area contributed by atoms with Gasteiger partial charge < -0.3 is 9.73 Å². The number of anilines is 1. The first kappa shape index (κ1) is 23.5. The Balaban J connectivity index is 1.21. The van der Waals surface area contributed by atoms with E-state index in [-0.39, 0.29) is 23.8 Å². The summed E-state index contributed by atoms with van der Waals surface area (Å²) in [6, 6.07) is 30.7. The standard InChI is InChI=1S/C28H23N3O4S/c32-28(30-23-9-5-2-6-10-23)22-13-16-26-25(19-22)31-27(35-26)17-18-29-36(33,34)24-14-11-21(12-15-24)20-7-3-1-4-8-20/h1-16,19,29H,17-18H2,(H,30,32). The number of oxazole rings is 1. The number of hydrogen-bond acceptors (Lipinski definition) is 5. The molecule has 7 nitrogen and oxygen atoms in total. The number of nitrogens with one attached hydrogen (secondary N) is 2. The van der Waals surface area contributed by atoms with Crippen LogP contribution in [0.25, 0.3) is 22.2 Å². The number of rotatable bonds is 8. The minimum atomic E-state index is -3.68. The zero-order valence-corrected chi connectivity index (χ0v) is 20.0. The number of amides is 1. The van der Waals surface area contributed by atoms with Gasteiger partial charge in [-0.1, -0.05) is 60.7 Å². The molecule has 4 aromatic carbocycles. The van der Waals surface area contributed by atoms with Crippen LogP contribution in [-0.2, 0) is 16.4 Å². The van der Waals surface area contributed by atoms with Crippen molar-refractivity contribution < 1.29 is 17.6 Å². The Morgan fingerprint density at radius 3 is 2.19 bits per heavy atom. The van der Waals surface area contributed by atoms with Crippen LogP contribution in [0.4, 0.5) is 5.69 Å². The van der Waals surface area contributed by atoms with E-state index in [0.29, 0.717) is 28.2 Å². The molecule has 0 fully saturated rings. The van der Waals surface area contributed by atoms with E-state index < -0.39 is 10.0 Å². The third-order valence-corrected chi connectivity index (χ3v) is 7.11. The smallest absolute Gasteiger partial charge is 0.255 e. The summed E-state index contributed by atoms with van der Waals surface area (Å²) >= 11 is 0. The monoisotopic (exact) mass is 497 g/mol. The zero-order valence-electron chi connectivity index (χ0n) is 19.2. The summed E-state index contributed by atoms with van der Waals surface area (Å²) in [4.78, 5) is 17.1. The van der Waals surface area contributed by atoms with Crippen molar-refractivity contribution in [2.75, 3.05) is 11.9 Å². The van der Waals surface area contributed by atoms with Crippen molar-refractivity contribution in [2.45, 2.75) is 11.3 Å². The van der Waals surface area contributed by atoms with Crippen LogP contribution in [0.15, 0.2) is 112 Å². The fraction of sp³-hybridized carbons (Fsp3) is 0.0714. The average Bonchev–Trinajstić information content (AvgIpc) is 3.32. The normalized spacial score (nSPS) is 11.4. The lowest BCUT2D eigenvalue weighted by atomic mass is 10.1. The van der Waals surface area contributed by atoms with Gasteiger partial charge >= 0.3 is 0 Å². The zero-order chi connectivity index (χ0) is 25.0. The number of benzene rings is 4. The molecule has 0 bridgehead atoms. The highest BCUT2D eigenvalue weighted by Gasteiger charge is 2.15. The van der Waals surface area contributed by atoms with Crippen LogP contribution in [0.3, 0.4) is 0 Å². The second-order valence-corrected chi connectivity index (χ2v) is 9.92. The molecule has 1 amide bonds. The van der Waals surface area contributed by atoms with Gasteiger partial charge in [-0.05, 0) is 53.6 Å². The maximum Gasteiger partial charge on any atom is 0.255 e. The molecule has 0 aliphatic rings. The lowest BCUT2D eigenvalue weighted by Crippen LogP contribution is -2.26. The quantitative estimate of drug-likeness (QED) is 0.304. The summed E-state index contributed by atoms with van der Waals surface area (Å²) in [5, 5.41) is 2.83. The molecule has 2 N–H and O–H groups in total. The van der Waals surface area contributed by atoms with E-state index in [2.05, 4.69) is 15.0 Å². The molecule has 0 aliphatic heterocycles. The van der Waals surface area contributed by atoms with Crippen LogP contribution in [0.5, 0.6) is 0 Å². The number of carbonyl (C=O) groups excluding carboxylic acids is 1. The van der Waals surface area contributed by atoms with E-state index in [1.54, 1.807) is 42.5 Å². The maximum absolute atomic E-state index is 12.7. The van der Waals surface area contributed by atoms with Gasteiger partial charge in [0.1, 0.15) is 5.52 Å². The van der Waals surface area contributed by atoms with Crippen molar-refractivity contribution in [2.24, 2.45) is 0 Å². The van der Waals surface area contributed by atoms with E-state index in [1.807, 2.05) is 60.7 Å². The van der Waals surface area contributed by atoms with Gasteiger partial charge in [-0.15, -0.1) is 0 Å². The van der Waals surface area contributed by atoms with Crippen LogP contribution < -0.4 is 10.0 Å². The lowest BCUT2D eigenvalue weighted by Gasteiger charge is -2.07. The van der Waals surface area contributed by atoms with E-state index >= 15 is 0 Å². The molecule has 0 spiro atoms. The van der Waals surface area contributed by atoms with Gasteiger partial charge in [0.05, 0.1) is 4.90 Å². The fourth-order valence-corrected chi connectivity index (χ4v) is 4.81. The van der Waals surface area contributed by atoms with Gasteiger partial charge in [0.2, 0.25) is 10.0 Å². The van der Waals surface area contributed by atoms with Crippen molar-refractivity contribution in [1.29, 1.82) is 0 Å². The van der Waals surface area contributed by atoms with Gasteiger partial charge in [0.25, 0.3) is 5.91 Å². The molecule has 0 saturated heterocycles. The topological polar surface area (TPSA) is 101 Å². The van der Waals surface area contributed by atoms with E-state index in [4.69, 9.17) is 4.42 Å². The van der Waals surface area contributed by atoms with Crippen LogP contribution in [0, 0.1) is 0 Å². The summed E-state index contributed by atoms with van der Waals surface area (Å²) < 4.78 is 33.7. The summed E-state index contributed by atoms with van der Waals surface area (Å²) in [5.41, 5.74) is 4.17. The van der Waals surface area contributed by atoms with Crippen molar-refractivity contribution in [3.63, 3.8) is 0 Å². The SMILES string of the molecule is O=C(Nc1ccccc1)c1ccc2oc(CCNS(=O)(=O)c3ccc(-c4ccccc4)cc3)nc2c1. The molecule has 36 heavy (non-hydrogen) atoms. The first-order valence-electron chi connectivity index (χ1n) is 11.4. The van der Waals surface area contributed by atoms with Gasteiger partial charge in [-0.2, -0.15) is 0 Å². The first-order valence-corrected chi connectivity index (χ1v) is 12.9. The molecule has 1 heterocycles. The Kier molecular flexibility index (Phi) is 6.62. The molecule has 0 saturated carbocycles. The summed E-state index contributed by atoms with van der Waals surface area (Å²) in [6.45, 7) is 0.122. The van der Waals surface area contributed by atoms with Crippen molar-refractivity contribution in [3.05, 3.63) is 115 Å². The van der Waals surface area contributed by atoms with Crippen molar-refractivity contribution >= 4 is 32.7 Å². The predicted octanol–water partition coefficient (Wildman–Crippen LogP) is 5.27. The predicted molar refractivity (Wildman–Crippen MR) is 139 cm³/mol. The Morgan fingerprint density at radius 2 is 1.47 bits per heavy atom. The van der Waals surface area contributed by atoms with Gasteiger partial charge in [0, 0.05) is 24.2 Å². The van der Waals surface area contributed by atoms with E-state index in [0.717, 1.165) is 11.1 Å². The van der Waals surface area contributed by atoms with Gasteiger partial charge in [0.15, 0.2) is 11.5 Å². The second kappa shape index (κ2) is 10.2. The summed E-state index contributed by atoms with van der Waals surface area (Å²) in [5.74, 6) is 0.131. The van der Waals surface area contributed by atoms with Crippen LogP contribution in [0.2, 0.25) is 0 Å². The van der Waals surface area contributed by atoms with Gasteiger partial charge in [-0.25, -0.2) is 18.1 Å². The molecule has 5 aromatic rings. The number of sulfonamides is 1. The molecule has 5 rings (SSSR count). The summed E-state index contributed by atoms with van der Waals surface area (Å²) in [7, 11) is -3.68. The van der Waals surface area contributed by atoms with Crippen molar-refractivity contribution in [1.82, 2.24) is 9.71 Å². The highest BCUT2D eigenvalue weighted by atomic mass is 32.2. The number of para-hydroxylation sites is 1. The highest BCUT2D eigenvalue weighted by Crippen LogP contribution is 2.22. The molecular weight excluding hydrogens is 474 g/mol. The molecule has 8 heteroatoms. The molecule has 1 aromatic heterocycles.